The third kappa shape index (κ3) is 2.20. The van der Waals surface area contributed by atoms with Crippen molar-refractivity contribution in [2.75, 3.05) is 5.73 Å². The average Bonchev–Trinajstić information content (AvgIpc) is 3.08. The molecule has 1 aliphatic carbocycles. The third-order valence-corrected chi connectivity index (χ3v) is 4.66. The first-order chi connectivity index (χ1) is 9.16. The number of hydrogen-bond acceptors (Lipinski definition) is 6. The molecule has 102 valence electrons. The van der Waals surface area contributed by atoms with Gasteiger partial charge in [-0.15, -0.1) is 5.10 Å². The van der Waals surface area contributed by atoms with Crippen LogP contribution in [0.5, 0.6) is 0 Å². The lowest BCUT2D eigenvalue weighted by Crippen LogP contribution is -2.08. The van der Waals surface area contributed by atoms with Crippen LogP contribution in [-0.4, -0.2) is 30.0 Å². The molecule has 8 heteroatoms. The molecule has 0 aromatic carbocycles. The second-order valence-corrected chi connectivity index (χ2v) is 5.83. The summed E-state index contributed by atoms with van der Waals surface area (Å²) in [6.07, 6.45) is 4.81. The molecule has 0 radical (unpaired) electrons. The van der Waals surface area contributed by atoms with Crippen molar-refractivity contribution in [2.24, 2.45) is 7.05 Å². The first-order valence-electron chi connectivity index (χ1n) is 6.41. The van der Waals surface area contributed by atoms with Gasteiger partial charge in [0.15, 0.2) is 0 Å². The van der Waals surface area contributed by atoms with Crippen molar-refractivity contribution in [1.29, 1.82) is 0 Å². The van der Waals surface area contributed by atoms with E-state index in [1.807, 2.05) is 18.7 Å². The van der Waals surface area contributed by atoms with Gasteiger partial charge in [-0.05, 0) is 42.0 Å². The Morgan fingerprint density at radius 3 is 2.68 bits per heavy atom. The molecule has 19 heavy (non-hydrogen) atoms. The van der Waals surface area contributed by atoms with Crippen molar-refractivity contribution >= 4 is 17.4 Å². The summed E-state index contributed by atoms with van der Waals surface area (Å²) in [6.45, 7) is 1.90. The standard InChI is InChI=1S/C11H17N7S/c1-7-9(12)10(17(2)14-7)19-11-13-15-16-18(11)8-5-3-4-6-8/h8H,3-6,12H2,1-2H3. The second-order valence-electron chi connectivity index (χ2n) is 4.87. The van der Waals surface area contributed by atoms with Crippen LogP contribution >= 0.6 is 11.8 Å². The minimum absolute atomic E-state index is 0.424. The lowest BCUT2D eigenvalue weighted by atomic mass is 10.3. The van der Waals surface area contributed by atoms with E-state index in [-0.39, 0.29) is 0 Å². The van der Waals surface area contributed by atoms with Gasteiger partial charge in [0.05, 0.1) is 17.4 Å². The topological polar surface area (TPSA) is 87.4 Å². The smallest absolute Gasteiger partial charge is 0.215 e. The van der Waals surface area contributed by atoms with Crippen LogP contribution in [0.25, 0.3) is 0 Å². The fourth-order valence-corrected chi connectivity index (χ4v) is 3.45. The van der Waals surface area contributed by atoms with Gasteiger partial charge >= 0.3 is 0 Å². The van der Waals surface area contributed by atoms with Crippen molar-refractivity contribution in [3.8, 4) is 0 Å². The monoisotopic (exact) mass is 279 g/mol. The molecule has 7 nitrogen and oxygen atoms in total. The van der Waals surface area contributed by atoms with E-state index < -0.39 is 0 Å². The Balaban J connectivity index is 1.89. The van der Waals surface area contributed by atoms with Gasteiger partial charge < -0.3 is 5.73 Å². The van der Waals surface area contributed by atoms with Crippen molar-refractivity contribution < 1.29 is 0 Å². The minimum Gasteiger partial charge on any atom is -0.395 e. The number of tetrazole rings is 1. The van der Waals surface area contributed by atoms with E-state index in [4.69, 9.17) is 5.73 Å². The fourth-order valence-electron chi connectivity index (χ4n) is 2.49. The first-order valence-corrected chi connectivity index (χ1v) is 7.23. The van der Waals surface area contributed by atoms with E-state index in [1.54, 1.807) is 4.68 Å². The van der Waals surface area contributed by atoms with Crippen LogP contribution in [0.2, 0.25) is 0 Å². The summed E-state index contributed by atoms with van der Waals surface area (Å²) in [5, 5.41) is 18.0. The molecule has 2 heterocycles. The zero-order valence-electron chi connectivity index (χ0n) is 11.1. The summed E-state index contributed by atoms with van der Waals surface area (Å²) in [6, 6.07) is 0.424. The molecule has 0 unspecified atom stereocenters. The molecule has 1 aliphatic rings. The Morgan fingerprint density at radius 1 is 1.32 bits per heavy atom. The lowest BCUT2D eigenvalue weighted by molar-refractivity contribution is 0.423. The Bertz CT molecular complexity index is 582. The number of nitrogens with zero attached hydrogens (tertiary/aromatic N) is 6. The molecule has 0 saturated heterocycles. The van der Waals surface area contributed by atoms with Gasteiger partial charge in [-0.1, -0.05) is 12.8 Å². The number of hydrogen-bond donors (Lipinski definition) is 1. The van der Waals surface area contributed by atoms with Crippen LogP contribution in [-0.2, 0) is 7.05 Å². The van der Waals surface area contributed by atoms with Gasteiger partial charge in [0.2, 0.25) is 5.16 Å². The molecule has 1 saturated carbocycles. The van der Waals surface area contributed by atoms with E-state index in [9.17, 15) is 0 Å². The summed E-state index contributed by atoms with van der Waals surface area (Å²) in [5.74, 6) is 0. The highest BCUT2D eigenvalue weighted by atomic mass is 32.2. The molecule has 0 bridgehead atoms. The van der Waals surface area contributed by atoms with Crippen molar-refractivity contribution in [3.05, 3.63) is 5.69 Å². The summed E-state index contributed by atoms with van der Waals surface area (Å²) in [4.78, 5) is 0. The Labute approximate surface area is 115 Å². The van der Waals surface area contributed by atoms with E-state index in [2.05, 4.69) is 20.6 Å². The molecule has 0 atom stereocenters. The van der Waals surface area contributed by atoms with Crippen molar-refractivity contribution in [2.45, 2.75) is 48.8 Å². The van der Waals surface area contributed by atoms with Crippen LogP contribution in [0.3, 0.4) is 0 Å². The van der Waals surface area contributed by atoms with E-state index >= 15 is 0 Å². The highest BCUT2D eigenvalue weighted by Crippen LogP contribution is 2.36. The number of rotatable bonds is 3. The van der Waals surface area contributed by atoms with Crippen LogP contribution in [0.1, 0.15) is 37.4 Å². The molecule has 2 N–H and O–H groups in total. The molecule has 0 amide bonds. The molecule has 2 aromatic heterocycles. The van der Waals surface area contributed by atoms with E-state index in [1.165, 1.54) is 24.6 Å². The average molecular weight is 279 g/mol. The van der Waals surface area contributed by atoms with Gasteiger partial charge in [-0.2, -0.15) is 5.10 Å². The van der Waals surface area contributed by atoms with Crippen molar-refractivity contribution in [3.63, 3.8) is 0 Å². The molecule has 0 aliphatic heterocycles. The SMILES string of the molecule is Cc1nn(C)c(Sc2nnnn2C2CCCC2)c1N. The van der Waals surface area contributed by atoms with Crippen LogP contribution < -0.4 is 5.73 Å². The number of anilines is 1. The third-order valence-electron chi connectivity index (χ3n) is 3.54. The molecule has 3 rings (SSSR count). The Kier molecular flexibility index (Phi) is 3.17. The van der Waals surface area contributed by atoms with E-state index in [0.29, 0.717) is 11.7 Å². The largest absolute Gasteiger partial charge is 0.395 e. The number of aromatic nitrogens is 6. The quantitative estimate of drug-likeness (QED) is 0.917. The molecular weight excluding hydrogens is 262 g/mol. The number of nitrogen functional groups attached to an aromatic ring is 1. The van der Waals surface area contributed by atoms with Gasteiger partial charge in [0, 0.05) is 7.05 Å². The molecular formula is C11H17N7S. The number of nitrogens with two attached hydrogens (primary N) is 1. The van der Waals surface area contributed by atoms with Crippen LogP contribution in [0, 0.1) is 6.92 Å². The zero-order chi connectivity index (χ0) is 13.4. The Hall–Kier alpha value is -1.57. The number of aryl methyl sites for hydroxylation is 2. The maximum absolute atomic E-state index is 6.04. The highest BCUT2D eigenvalue weighted by molar-refractivity contribution is 7.99. The van der Waals surface area contributed by atoms with Gasteiger partial charge in [0.1, 0.15) is 5.03 Å². The van der Waals surface area contributed by atoms with Crippen LogP contribution in [0.4, 0.5) is 5.69 Å². The predicted octanol–water partition coefficient (Wildman–Crippen LogP) is 1.56. The maximum Gasteiger partial charge on any atom is 0.215 e. The summed E-state index contributed by atoms with van der Waals surface area (Å²) in [7, 11) is 1.88. The lowest BCUT2D eigenvalue weighted by Gasteiger charge is -2.10. The summed E-state index contributed by atoms with van der Waals surface area (Å²) in [5.41, 5.74) is 7.58. The van der Waals surface area contributed by atoms with E-state index in [0.717, 1.165) is 28.7 Å². The highest BCUT2D eigenvalue weighted by Gasteiger charge is 2.23. The molecule has 2 aromatic rings. The van der Waals surface area contributed by atoms with Gasteiger partial charge in [-0.3, -0.25) is 4.68 Å². The summed E-state index contributed by atoms with van der Waals surface area (Å²) >= 11 is 1.48. The maximum atomic E-state index is 6.04. The van der Waals surface area contributed by atoms with Gasteiger partial charge in [-0.25, -0.2) is 4.68 Å². The molecule has 1 fully saturated rings. The zero-order valence-corrected chi connectivity index (χ0v) is 11.9. The second kappa shape index (κ2) is 4.84. The Morgan fingerprint density at radius 2 is 2.05 bits per heavy atom. The predicted molar refractivity (Wildman–Crippen MR) is 71.8 cm³/mol. The minimum atomic E-state index is 0.424. The van der Waals surface area contributed by atoms with Crippen LogP contribution in [0.15, 0.2) is 10.2 Å². The van der Waals surface area contributed by atoms with Crippen molar-refractivity contribution in [1.82, 2.24) is 30.0 Å². The summed E-state index contributed by atoms with van der Waals surface area (Å²) < 4.78 is 3.71. The normalized spacial score (nSPS) is 16.3. The fraction of sp³-hybridized carbons (Fsp3) is 0.636. The first kappa shape index (κ1) is 12.5. The van der Waals surface area contributed by atoms with Gasteiger partial charge in [0.25, 0.3) is 0 Å². The molecule has 0 spiro atoms.